The summed E-state index contributed by atoms with van der Waals surface area (Å²) >= 11 is 0. The maximum Gasteiger partial charge on any atom is 0.335 e. The standard InChI is InChI=1S/C52H38O6/c1-3-49(53)57-36-25-21-33(22-26-36)51(44-18-10-7-15-39(44)40-16-8-11-19-45(40)51)34-23-27-37(28-24-34)58-50(54)48-32-42-41-17-9-12-20-46(41)52(48,55-2)47-30-29-38(31-43(42)47)56-35-13-5-4-6-14-35/h3-31,42,48H,1,32H2,2H3. The van der Waals surface area contributed by atoms with Crippen LogP contribution in [0.15, 0.2) is 183 Å². The summed E-state index contributed by atoms with van der Waals surface area (Å²) in [4.78, 5) is 26.6. The molecule has 3 unspecified atom stereocenters. The first kappa shape index (κ1) is 35.4. The second kappa shape index (κ2) is 13.9. The van der Waals surface area contributed by atoms with Crippen LogP contribution in [-0.4, -0.2) is 19.0 Å². The molecule has 0 saturated carbocycles. The van der Waals surface area contributed by atoms with E-state index in [-0.39, 0.29) is 11.9 Å². The summed E-state index contributed by atoms with van der Waals surface area (Å²) in [5, 5.41) is 0. The van der Waals surface area contributed by atoms with Crippen molar-refractivity contribution in [3.63, 3.8) is 0 Å². The second-order valence-corrected chi connectivity index (χ2v) is 15.0. The van der Waals surface area contributed by atoms with Crippen molar-refractivity contribution >= 4 is 11.9 Å². The Morgan fingerprint density at radius 1 is 0.569 bits per heavy atom. The molecule has 4 aliphatic carbocycles. The van der Waals surface area contributed by atoms with Gasteiger partial charge in [0.25, 0.3) is 0 Å². The van der Waals surface area contributed by atoms with E-state index in [9.17, 15) is 9.59 Å². The summed E-state index contributed by atoms with van der Waals surface area (Å²) in [5.74, 6) is 0.867. The third kappa shape index (κ3) is 5.29. The van der Waals surface area contributed by atoms with E-state index in [0.29, 0.717) is 17.9 Å². The minimum absolute atomic E-state index is 0.0449. The topological polar surface area (TPSA) is 71.1 Å². The normalized spacial score (nSPS) is 18.8. The van der Waals surface area contributed by atoms with Crippen molar-refractivity contribution in [2.75, 3.05) is 7.11 Å². The molecule has 0 saturated heterocycles. The van der Waals surface area contributed by atoms with Crippen LogP contribution in [0.5, 0.6) is 23.0 Å². The number of carbonyl (C=O) groups excluding carboxylic acids is 2. The molecule has 0 amide bonds. The van der Waals surface area contributed by atoms with Gasteiger partial charge in [-0.05, 0) is 111 Å². The third-order valence-electron chi connectivity index (χ3n) is 12.2. The highest BCUT2D eigenvalue weighted by Gasteiger charge is 2.58. The molecule has 6 heteroatoms. The monoisotopic (exact) mass is 758 g/mol. The van der Waals surface area contributed by atoms with Crippen LogP contribution < -0.4 is 14.2 Å². The average Bonchev–Trinajstić information content (AvgIpc) is 3.58. The number of methoxy groups -OCH3 is 1. The molecule has 7 aromatic rings. The molecule has 11 rings (SSSR count). The molecule has 3 atom stereocenters. The number of esters is 2. The summed E-state index contributed by atoms with van der Waals surface area (Å²) < 4.78 is 24.5. The van der Waals surface area contributed by atoms with Gasteiger partial charge in [0, 0.05) is 19.1 Å². The number of ether oxygens (including phenoxy) is 4. The van der Waals surface area contributed by atoms with Gasteiger partial charge in [-0.2, -0.15) is 0 Å². The van der Waals surface area contributed by atoms with Crippen LogP contribution in [0.1, 0.15) is 56.8 Å². The Labute approximate surface area is 336 Å². The average molecular weight is 759 g/mol. The number of carbonyl (C=O) groups is 2. The van der Waals surface area contributed by atoms with Gasteiger partial charge in [-0.3, -0.25) is 4.79 Å². The lowest BCUT2D eigenvalue weighted by Crippen LogP contribution is -2.52. The summed E-state index contributed by atoms with van der Waals surface area (Å²) in [5.41, 5.74) is 9.00. The quantitative estimate of drug-likeness (QED) is 0.0829. The van der Waals surface area contributed by atoms with Gasteiger partial charge in [0.05, 0.1) is 11.3 Å². The Kier molecular flexibility index (Phi) is 8.46. The van der Waals surface area contributed by atoms with E-state index in [2.05, 4.69) is 73.3 Å². The van der Waals surface area contributed by atoms with Crippen LogP contribution in [0, 0.1) is 5.92 Å². The first-order valence-corrected chi connectivity index (χ1v) is 19.4. The fourth-order valence-corrected chi connectivity index (χ4v) is 9.88. The van der Waals surface area contributed by atoms with Crippen LogP contribution in [0.3, 0.4) is 0 Å². The highest BCUT2D eigenvalue weighted by atomic mass is 16.5. The zero-order valence-electron chi connectivity index (χ0n) is 31.8. The van der Waals surface area contributed by atoms with Crippen molar-refractivity contribution in [3.8, 4) is 34.1 Å². The van der Waals surface area contributed by atoms with E-state index < -0.39 is 22.9 Å². The first-order valence-electron chi connectivity index (χ1n) is 19.4. The third-order valence-corrected chi connectivity index (χ3v) is 12.2. The van der Waals surface area contributed by atoms with Gasteiger partial charge >= 0.3 is 11.9 Å². The smallest absolute Gasteiger partial charge is 0.335 e. The van der Waals surface area contributed by atoms with E-state index >= 15 is 0 Å². The summed E-state index contributed by atoms with van der Waals surface area (Å²) in [6.07, 6.45) is 1.68. The fraction of sp³-hybridized carbons (Fsp3) is 0.115. The maximum atomic E-state index is 14.6. The van der Waals surface area contributed by atoms with E-state index in [4.69, 9.17) is 18.9 Å². The molecule has 0 spiro atoms. The number of rotatable bonds is 9. The molecule has 6 nitrogen and oxygen atoms in total. The zero-order chi connectivity index (χ0) is 39.4. The highest BCUT2D eigenvalue weighted by Crippen LogP contribution is 2.61. The number of benzene rings is 7. The summed E-state index contributed by atoms with van der Waals surface area (Å²) in [7, 11) is 1.68. The van der Waals surface area contributed by atoms with E-state index in [1.54, 1.807) is 7.11 Å². The zero-order valence-corrected chi connectivity index (χ0v) is 31.8. The van der Waals surface area contributed by atoms with Gasteiger partial charge in [-0.25, -0.2) is 4.79 Å². The summed E-state index contributed by atoms with van der Waals surface area (Å²) in [6.45, 7) is 3.52. The number of para-hydroxylation sites is 1. The van der Waals surface area contributed by atoms with Crippen LogP contribution in [0.2, 0.25) is 0 Å². The largest absolute Gasteiger partial charge is 0.457 e. The molecule has 7 aromatic carbocycles. The lowest BCUT2D eigenvalue weighted by atomic mass is 9.56. The minimum Gasteiger partial charge on any atom is -0.457 e. The van der Waals surface area contributed by atoms with Crippen LogP contribution in [0.25, 0.3) is 11.1 Å². The molecule has 0 radical (unpaired) electrons. The van der Waals surface area contributed by atoms with Crippen LogP contribution in [-0.2, 0) is 25.3 Å². The van der Waals surface area contributed by atoms with Crippen molar-refractivity contribution in [1.82, 2.24) is 0 Å². The van der Waals surface area contributed by atoms with E-state index in [0.717, 1.165) is 73.2 Å². The molecule has 0 fully saturated rings. The Balaban J connectivity index is 1.01. The van der Waals surface area contributed by atoms with Crippen molar-refractivity contribution in [3.05, 3.63) is 227 Å². The van der Waals surface area contributed by atoms with Gasteiger partial charge < -0.3 is 18.9 Å². The number of fused-ring (bicyclic) bond motifs is 4. The fourth-order valence-electron chi connectivity index (χ4n) is 9.88. The predicted molar refractivity (Wildman–Crippen MR) is 222 cm³/mol. The SMILES string of the molecule is C=CC(=O)Oc1ccc(C2(c3ccc(OC(=O)C4CC5c6ccccc6C4(OC)c4ccc(Oc6ccccc6)cc45)cc3)c3ccccc3-c3ccccc32)cc1. The Bertz CT molecular complexity index is 2690. The summed E-state index contributed by atoms with van der Waals surface area (Å²) in [6, 6.07) is 56.5. The molecular weight excluding hydrogens is 721 g/mol. The van der Waals surface area contributed by atoms with Gasteiger partial charge in [0.2, 0.25) is 0 Å². The molecule has 0 N–H and O–H groups in total. The van der Waals surface area contributed by atoms with Crippen LogP contribution >= 0.6 is 0 Å². The molecule has 0 aliphatic heterocycles. The van der Waals surface area contributed by atoms with Crippen molar-refractivity contribution in [2.24, 2.45) is 5.92 Å². The highest BCUT2D eigenvalue weighted by molar-refractivity contribution is 5.87. The minimum atomic E-state index is -1.05. The van der Waals surface area contributed by atoms with Gasteiger partial charge in [0.15, 0.2) is 0 Å². The number of hydrogen-bond donors (Lipinski definition) is 0. The lowest BCUT2D eigenvalue weighted by Gasteiger charge is -2.52. The van der Waals surface area contributed by atoms with Crippen molar-refractivity contribution < 1.29 is 28.5 Å². The number of hydrogen-bond acceptors (Lipinski definition) is 6. The van der Waals surface area contributed by atoms with E-state index in [1.165, 1.54) is 0 Å². The lowest BCUT2D eigenvalue weighted by molar-refractivity contribution is -0.153. The van der Waals surface area contributed by atoms with Gasteiger partial charge in [0.1, 0.15) is 28.6 Å². The van der Waals surface area contributed by atoms with Crippen LogP contribution in [0.4, 0.5) is 0 Å². The Hall–Kier alpha value is -7.02. The first-order chi connectivity index (χ1) is 28.4. The molecule has 0 heterocycles. The Morgan fingerprint density at radius 3 is 1.72 bits per heavy atom. The molecule has 2 bridgehead atoms. The van der Waals surface area contributed by atoms with Crippen molar-refractivity contribution in [1.29, 1.82) is 0 Å². The molecule has 4 aliphatic rings. The predicted octanol–water partition coefficient (Wildman–Crippen LogP) is 10.9. The molecule has 58 heavy (non-hydrogen) atoms. The Morgan fingerprint density at radius 2 is 1.10 bits per heavy atom. The second-order valence-electron chi connectivity index (χ2n) is 15.0. The van der Waals surface area contributed by atoms with Gasteiger partial charge in [-0.15, -0.1) is 0 Å². The molecular formula is C52H38O6. The molecule has 282 valence electrons. The maximum absolute atomic E-state index is 14.6. The van der Waals surface area contributed by atoms with E-state index in [1.807, 2.05) is 103 Å². The van der Waals surface area contributed by atoms with Crippen molar-refractivity contribution in [2.45, 2.75) is 23.4 Å². The van der Waals surface area contributed by atoms with Gasteiger partial charge in [-0.1, -0.05) is 128 Å². The molecule has 0 aromatic heterocycles.